The van der Waals surface area contributed by atoms with Gasteiger partial charge in [-0.15, -0.1) is 24.4 Å². The molecule has 3 unspecified atom stereocenters. The molecule has 6 rings (SSSR count). The van der Waals surface area contributed by atoms with Crippen molar-refractivity contribution >= 4 is 41.7 Å². The van der Waals surface area contributed by atoms with E-state index in [4.69, 9.17) is 14.2 Å². The Morgan fingerprint density at radius 1 is 0.710 bits per heavy atom. The van der Waals surface area contributed by atoms with E-state index in [1.807, 2.05) is 25.8 Å². The van der Waals surface area contributed by atoms with Gasteiger partial charge in [-0.2, -0.15) is 0 Å². The molecule has 0 bridgehead atoms. The molecule has 5 N–H and O–H groups in total. The van der Waals surface area contributed by atoms with Gasteiger partial charge in [0.1, 0.15) is 11.7 Å². The van der Waals surface area contributed by atoms with Gasteiger partial charge >= 0.3 is 17.1 Å². The van der Waals surface area contributed by atoms with E-state index in [1.165, 1.54) is 32.5 Å². The number of nitrogens with zero attached hydrogens (tertiary/aromatic N) is 3. The molecule has 0 aliphatic carbocycles. The van der Waals surface area contributed by atoms with Crippen LogP contribution in [0.3, 0.4) is 0 Å². The maximum Gasteiger partial charge on any atom is 0.330 e. The first-order valence-electron chi connectivity index (χ1n) is 19.6. The number of aromatic nitrogens is 6. The number of aliphatic hydroxyl groups excluding tert-OH is 2. The highest BCUT2D eigenvalue weighted by atomic mass is 32.8. The summed E-state index contributed by atoms with van der Waals surface area (Å²) in [6, 6.07) is 3.41. The summed E-state index contributed by atoms with van der Waals surface area (Å²) < 4.78 is 62.9. The van der Waals surface area contributed by atoms with Crippen LogP contribution in [0.4, 0.5) is 13.2 Å². The van der Waals surface area contributed by atoms with E-state index in [1.54, 1.807) is 26.8 Å². The fourth-order valence-electron chi connectivity index (χ4n) is 7.58. The SMILES string of the molecule is C=C[C@]1(CC)O[C@@H](n2ccc(=O)[nH]c2=O)[C@H](F)[C@@H]1C.CCC1(CC)O[C@@H](n2ccc(=O)[nH]c2=O)[C@H](F)[C@@H]1C.CC[C@]1(CO)O[C@@H](n2ccc(=O)[nH]c2=O)[C@H](F)[C@@H]1O.P[P-]P(P)P. The average molecular weight is 974 g/mol. The Balaban J connectivity index is 0.000000234. The summed E-state index contributed by atoms with van der Waals surface area (Å²) >= 11 is 0. The number of alkyl halides is 3. The van der Waals surface area contributed by atoms with Crippen molar-refractivity contribution in [1.82, 2.24) is 28.7 Å². The van der Waals surface area contributed by atoms with Crippen molar-refractivity contribution in [1.29, 1.82) is 0 Å². The molecule has 0 spiro atoms. The molecule has 0 saturated carbocycles. The Morgan fingerprint density at radius 2 is 1.06 bits per heavy atom. The third-order valence-corrected chi connectivity index (χ3v) is 22.4. The Morgan fingerprint density at radius 3 is 1.34 bits per heavy atom. The molecular formula is C37H57F3N6O11P5-. The van der Waals surface area contributed by atoms with Crippen molar-refractivity contribution in [3.63, 3.8) is 0 Å². The number of ether oxygens (including phenoxy) is 3. The molecule has 6 heterocycles. The van der Waals surface area contributed by atoms with Gasteiger partial charge in [-0.25, -0.2) is 34.5 Å². The van der Waals surface area contributed by atoms with Crippen LogP contribution in [-0.2, 0) is 14.2 Å². The molecule has 3 aromatic heterocycles. The summed E-state index contributed by atoms with van der Waals surface area (Å²) in [6.45, 7) is 14.2. The van der Waals surface area contributed by atoms with Gasteiger partial charge < -0.3 is 32.4 Å². The molecule has 3 aromatic rings. The van der Waals surface area contributed by atoms with Crippen molar-refractivity contribution in [2.75, 3.05) is 6.61 Å². The van der Waals surface area contributed by atoms with E-state index in [0.29, 0.717) is 19.3 Å². The van der Waals surface area contributed by atoms with Crippen molar-refractivity contribution in [2.24, 2.45) is 11.8 Å². The second kappa shape index (κ2) is 23.1. The van der Waals surface area contributed by atoms with E-state index >= 15 is 0 Å². The largest absolute Gasteiger partial charge is 0.474 e. The molecule has 3 aliphatic rings. The number of H-pyrrole nitrogens is 3. The van der Waals surface area contributed by atoms with Gasteiger partial charge in [-0.1, -0.05) is 47.6 Å². The van der Waals surface area contributed by atoms with Crippen LogP contribution in [0.25, 0.3) is 0 Å². The quantitative estimate of drug-likeness (QED) is 0.139. The molecule has 3 saturated heterocycles. The van der Waals surface area contributed by atoms with Crippen molar-refractivity contribution in [3.05, 3.63) is 112 Å². The Labute approximate surface area is 364 Å². The fraction of sp³-hybridized carbons (Fsp3) is 0.622. The first-order chi connectivity index (χ1) is 29.1. The maximum atomic E-state index is 14.4. The molecule has 0 radical (unpaired) electrons. The molecule has 17 nitrogen and oxygen atoms in total. The molecule has 14 atom stereocenters. The Kier molecular flexibility index (Phi) is 20.1. The van der Waals surface area contributed by atoms with Gasteiger partial charge in [0.2, 0.25) is 0 Å². The van der Waals surface area contributed by atoms with Crippen molar-refractivity contribution < 1.29 is 37.6 Å². The molecule has 3 aliphatic heterocycles. The highest BCUT2D eigenvalue weighted by molar-refractivity contribution is 8.77. The van der Waals surface area contributed by atoms with Crippen LogP contribution in [0.5, 0.6) is 0 Å². The summed E-state index contributed by atoms with van der Waals surface area (Å²) in [5.41, 5.74) is -6.58. The second-order valence-corrected chi connectivity index (χ2v) is 27.7. The first-order valence-corrected chi connectivity index (χ1v) is 27.4. The van der Waals surface area contributed by atoms with Crippen LogP contribution < -0.4 is 33.7 Å². The average Bonchev–Trinajstić information content (AvgIpc) is 3.77. The number of hydrogen-bond donors (Lipinski definition) is 5. The monoisotopic (exact) mass is 973 g/mol. The van der Waals surface area contributed by atoms with Crippen LogP contribution in [0, 0.1) is 11.8 Å². The summed E-state index contributed by atoms with van der Waals surface area (Å²) in [6.07, 6.45) is -2.14. The first kappa shape index (κ1) is 53.9. The van der Waals surface area contributed by atoms with Gasteiger partial charge in [-0.3, -0.25) is 52.0 Å². The van der Waals surface area contributed by atoms with E-state index in [9.17, 15) is 52.2 Å². The zero-order chi connectivity index (χ0) is 46.9. The normalized spacial score (nSPS) is 31.2. The number of hydrogen-bond acceptors (Lipinski definition) is 11. The van der Waals surface area contributed by atoms with E-state index < -0.39 is 106 Å². The lowest BCUT2D eigenvalue weighted by Crippen LogP contribution is -2.44. The van der Waals surface area contributed by atoms with Crippen molar-refractivity contribution in [3.8, 4) is 0 Å². The number of aromatic amines is 3. The molecule has 348 valence electrons. The zero-order valence-electron chi connectivity index (χ0n) is 35.2. The Bertz CT molecular complexity index is 2200. The van der Waals surface area contributed by atoms with E-state index in [0.717, 1.165) is 26.0 Å². The lowest BCUT2D eigenvalue weighted by atomic mass is 9.83. The topological polar surface area (TPSA) is 233 Å². The van der Waals surface area contributed by atoms with Crippen LogP contribution in [0.1, 0.15) is 85.9 Å². The summed E-state index contributed by atoms with van der Waals surface area (Å²) in [7, 11) is 9.51. The molecule has 62 heavy (non-hydrogen) atoms. The predicted octanol–water partition coefficient (Wildman–Crippen LogP) is 4.58. The summed E-state index contributed by atoms with van der Waals surface area (Å²) in [5, 5.41) is 19.1. The Hall–Kier alpha value is -2.48. The standard InChI is InChI=1S/C13H19FN2O3.C13H17FN2O3.C11H15FN2O5.H6P5/c2*1-4-13(5-2)8(3)10(14)11(19-13)16-7-6-9(17)15-12(16)18;1-2-11(5-15)8(17)7(12)9(19-11)14-4-3-6(16)13-10(14)18;1-4-5(2)3/h6-8,10-11H,4-5H2,1-3H3,(H,15,17,18);4,6-8,10-11H,1,5H2,2-3H3,(H,15,17,18);3-4,7-9,15,17H,2,5H2,1H3,(H,13,16,18);1-3H2/q;;;-1/t8-,10+,11+;8-,10+,11+,13+;7-,8+,9-,11-;/m001./s1. The smallest absolute Gasteiger partial charge is 0.330 e. The second-order valence-electron chi connectivity index (χ2n) is 14.8. The molecule has 0 aromatic carbocycles. The lowest BCUT2D eigenvalue weighted by molar-refractivity contribution is -0.130. The van der Waals surface area contributed by atoms with Gasteiger partial charge in [0, 0.05) is 48.6 Å². The van der Waals surface area contributed by atoms with Crippen LogP contribution in [0.2, 0.25) is 0 Å². The van der Waals surface area contributed by atoms with E-state index in [2.05, 4.69) is 43.3 Å². The van der Waals surface area contributed by atoms with Gasteiger partial charge in [0.15, 0.2) is 37.2 Å². The predicted molar refractivity (Wildman–Crippen MR) is 243 cm³/mol. The van der Waals surface area contributed by atoms with Crippen LogP contribution in [0.15, 0.2) is 78.2 Å². The van der Waals surface area contributed by atoms with Crippen LogP contribution >= 0.6 is 41.7 Å². The van der Waals surface area contributed by atoms with Crippen molar-refractivity contribution in [2.45, 2.75) is 127 Å². The highest BCUT2D eigenvalue weighted by Crippen LogP contribution is 2.71. The third kappa shape index (κ3) is 11.7. The van der Waals surface area contributed by atoms with Crippen LogP contribution in [-0.4, -0.2) is 86.9 Å². The minimum atomic E-state index is -1.88. The number of rotatable bonds is 10. The number of aliphatic hydroxyl groups is 2. The summed E-state index contributed by atoms with van der Waals surface area (Å²) in [4.78, 5) is 74.2. The van der Waals surface area contributed by atoms with E-state index in [-0.39, 0.29) is 19.3 Å². The highest BCUT2D eigenvalue weighted by Gasteiger charge is 2.55. The number of nitrogens with one attached hydrogen (secondary N) is 3. The molecular weight excluding hydrogens is 916 g/mol. The minimum absolute atomic E-state index is 0.170. The molecule has 25 heteroatoms. The maximum absolute atomic E-state index is 14.4. The van der Waals surface area contributed by atoms with Gasteiger partial charge in [0.25, 0.3) is 16.7 Å². The molecule has 3 fully saturated rings. The summed E-state index contributed by atoms with van der Waals surface area (Å²) in [5.74, 6) is -0.717. The minimum Gasteiger partial charge on any atom is -0.474 e. The fourth-order valence-corrected chi connectivity index (χ4v) is 7.58. The molecule has 0 amide bonds. The third-order valence-electron chi connectivity index (χ3n) is 11.7. The lowest BCUT2D eigenvalue weighted by Gasteiger charge is -2.30. The van der Waals surface area contributed by atoms with Gasteiger partial charge in [-0.05, 0) is 25.7 Å². The number of halogens is 3. The van der Waals surface area contributed by atoms with Gasteiger partial charge in [0.05, 0.1) is 17.8 Å². The zero-order valence-corrected chi connectivity index (χ0v) is 40.4.